The van der Waals surface area contributed by atoms with Gasteiger partial charge in [-0.3, -0.25) is 4.79 Å². The molecule has 1 N–H and O–H groups in total. The standard InChI is InChI=1S/C14H19ClN2O/c1-10-8-9-16-14(2,3)13(18)17(10)12-7-5-4-6-11(12)15/h4-7,10,16H,8-9H2,1-3H3. The molecule has 1 saturated heterocycles. The van der Waals surface area contributed by atoms with Gasteiger partial charge in [-0.15, -0.1) is 0 Å². The molecule has 0 bridgehead atoms. The van der Waals surface area contributed by atoms with Crippen LogP contribution in [0.2, 0.25) is 5.02 Å². The van der Waals surface area contributed by atoms with Gasteiger partial charge < -0.3 is 10.2 Å². The van der Waals surface area contributed by atoms with E-state index in [9.17, 15) is 4.79 Å². The van der Waals surface area contributed by atoms with Crippen LogP contribution in [0.3, 0.4) is 0 Å². The summed E-state index contributed by atoms with van der Waals surface area (Å²) in [5, 5.41) is 3.91. The van der Waals surface area contributed by atoms with Gasteiger partial charge in [-0.1, -0.05) is 23.7 Å². The molecule has 0 radical (unpaired) electrons. The van der Waals surface area contributed by atoms with E-state index < -0.39 is 5.54 Å². The molecule has 1 aromatic rings. The molecule has 0 aliphatic carbocycles. The Labute approximate surface area is 113 Å². The molecule has 1 fully saturated rings. The van der Waals surface area contributed by atoms with Gasteiger partial charge in [0, 0.05) is 6.04 Å². The Hall–Kier alpha value is -1.06. The van der Waals surface area contributed by atoms with Crippen molar-refractivity contribution in [2.45, 2.75) is 38.8 Å². The van der Waals surface area contributed by atoms with Gasteiger partial charge in [0.15, 0.2) is 0 Å². The van der Waals surface area contributed by atoms with Crippen LogP contribution >= 0.6 is 11.6 Å². The van der Waals surface area contributed by atoms with Crippen molar-refractivity contribution in [3.05, 3.63) is 29.3 Å². The highest BCUT2D eigenvalue weighted by atomic mass is 35.5. The van der Waals surface area contributed by atoms with Gasteiger partial charge in [0.1, 0.15) is 0 Å². The second-order valence-corrected chi connectivity index (χ2v) is 5.72. The molecular formula is C14H19ClN2O. The average Bonchev–Trinajstić information content (AvgIpc) is 2.39. The number of benzene rings is 1. The lowest BCUT2D eigenvalue weighted by Gasteiger charge is -2.33. The maximum absolute atomic E-state index is 12.6. The summed E-state index contributed by atoms with van der Waals surface area (Å²) in [6.07, 6.45) is 0.917. The molecule has 4 heteroatoms. The fourth-order valence-electron chi connectivity index (χ4n) is 2.29. The minimum Gasteiger partial charge on any atom is -0.307 e. The van der Waals surface area contributed by atoms with Crippen LogP contribution < -0.4 is 10.2 Å². The molecule has 2 rings (SSSR count). The van der Waals surface area contributed by atoms with Crippen molar-refractivity contribution in [3.63, 3.8) is 0 Å². The lowest BCUT2D eigenvalue weighted by Crippen LogP contribution is -2.53. The van der Waals surface area contributed by atoms with Crippen LogP contribution in [0.15, 0.2) is 24.3 Å². The van der Waals surface area contributed by atoms with E-state index in [1.807, 2.05) is 43.0 Å². The average molecular weight is 267 g/mol. The number of nitrogens with zero attached hydrogens (tertiary/aromatic N) is 1. The van der Waals surface area contributed by atoms with E-state index in [4.69, 9.17) is 11.6 Å². The Morgan fingerprint density at radius 2 is 2.06 bits per heavy atom. The largest absolute Gasteiger partial charge is 0.307 e. The molecule has 1 atom stereocenters. The van der Waals surface area contributed by atoms with Gasteiger partial charge in [0.25, 0.3) is 0 Å². The van der Waals surface area contributed by atoms with Crippen LogP contribution in [0.25, 0.3) is 0 Å². The summed E-state index contributed by atoms with van der Waals surface area (Å²) in [6, 6.07) is 7.65. The minimum absolute atomic E-state index is 0.0700. The van der Waals surface area contributed by atoms with Gasteiger partial charge in [0.2, 0.25) is 5.91 Å². The fraction of sp³-hybridized carbons (Fsp3) is 0.500. The number of halogens is 1. The van der Waals surface area contributed by atoms with Crippen molar-refractivity contribution in [2.75, 3.05) is 11.4 Å². The van der Waals surface area contributed by atoms with Crippen molar-refractivity contribution < 1.29 is 4.79 Å². The zero-order valence-electron chi connectivity index (χ0n) is 11.0. The number of rotatable bonds is 1. The van der Waals surface area contributed by atoms with Crippen molar-refractivity contribution in [1.29, 1.82) is 0 Å². The van der Waals surface area contributed by atoms with E-state index >= 15 is 0 Å². The van der Waals surface area contributed by atoms with E-state index in [-0.39, 0.29) is 11.9 Å². The number of carbonyl (C=O) groups is 1. The first-order valence-corrected chi connectivity index (χ1v) is 6.64. The third kappa shape index (κ3) is 2.38. The van der Waals surface area contributed by atoms with E-state index in [2.05, 4.69) is 12.2 Å². The van der Waals surface area contributed by atoms with E-state index in [1.54, 1.807) is 0 Å². The number of anilines is 1. The first-order chi connectivity index (χ1) is 8.43. The van der Waals surface area contributed by atoms with E-state index in [0.29, 0.717) is 5.02 Å². The first kappa shape index (κ1) is 13.4. The normalized spacial score (nSPS) is 23.9. The summed E-state index contributed by atoms with van der Waals surface area (Å²) >= 11 is 6.22. The lowest BCUT2D eigenvalue weighted by atomic mass is 10.0. The highest BCUT2D eigenvalue weighted by Gasteiger charge is 2.37. The maximum atomic E-state index is 12.6. The van der Waals surface area contributed by atoms with E-state index in [0.717, 1.165) is 18.7 Å². The predicted molar refractivity (Wildman–Crippen MR) is 75.1 cm³/mol. The molecule has 98 valence electrons. The molecule has 1 aromatic carbocycles. The van der Waals surface area contributed by atoms with Crippen LogP contribution in [-0.4, -0.2) is 24.0 Å². The zero-order chi connectivity index (χ0) is 13.3. The molecular weight excluding hydrogens is 248 g/mol. The van der Waals surface area contributed by atoms with Gasteiger partial charge in [-0.25, -0.2) is 0 Å². The Kier molecular flexibility index (Phi) is 3.64. The lowest BCUT2D eigenvalue weighted by molar-refractivity contribution is -0.123. The monoisotopic (exact) mass is 266 g/mol. The van der Waals surface area contributed by atoms with Crippen molar-refractivity contribution >= 4 is 23.2 Å². The highest BCUT2D eigenvalue weighted by molar-refractivity contribution is 6.34. The summed E-state index contributed by atoms with van der Waals surface area (Å²) in [5.41, 5.74) is 0.248. The number of nitrogens with one attached hydrogen (secondary N) is 1. The Morgan fingerprint density at radius 1 is 1.39 bits per heavy atom. The van der Waals surface area contributed by atoms with Crippen LogP contribution in [0.5, 0.6) is 0 Å². The molecule has 0 saturated carbocycles. The number of carbonyl (C=O) groups excluding carboxylic acids is 1. The first-order valence-electron chi connectivity index (χ1n) is 6.27. The van der Waals surface area contributed by atoms with Crippen LogP contribution in [0.4, 0.5) is 5.69 Å². The highest BCUT2D eigenvalue weighted by Crippen LogP contribution is 2.30. The number of hydrogen-bond acceptors (Lipinski definition) is 2. The van der Waals surface area contributed by atoms with Gasteiger partial charge in [0.05, 0.1) is 16.2 Å². The van der Waals surface area contributed by atoms with Gasteiger partial charge in [-0.05, 0) is 45.9 Å². The topological polar surface area (TPSA) is 32.3 Å². The summed E-state index contributed by atoms with van der Waals surface area (Å²) in [5.74, 6) is 0.0700. The zero-order valence-corrected chi connectivity index (χ0v) is 11.8. The summed E-state index contributed by atoms with van der Waals surface area (Å²) < 4.78 is 0. The maximum Gasteiger partial charge on any atom is 0.247 e. The molecule has 3 nitrogen and oxygen atoms in total. The third-order valence-electron chi connectivity index (χ3n) is 3.44. The Morgan fingerprint density at radius 3 is 2.72 bits per heavy atom. The molecule has 1 amide bonds. The van der Waals surface area contributed by atoms with E-state index in [1.165, 1.54) is 0 Å². The Bertz CT molecular complexity index is 459. The number of amides is 1. The second-order valence-electron chi connectivity index (χ2n) is 5.32. The van der Waals surface area contributed by atoms with Gasteiger partial charge in [-0.2, -0.15) is 0 Å². The molecule has 1 aliphatic heterocycles. The van der Waals surface area contributed by atoms with Gasteiger partial charge >= 0.3 is 0 Å². The number of hydrogen-bond donors (Lipinski definition) is 1. The summed E-state index contributed by atoms with van der Waals surface area (Å²) in [6.45, 7) is 6.72. The van der Waals surface area contributed by atoms with Crippen molar-refractivity contribution in [3.8, 4) is 0 Å². The van der Waals surface area contributed by atoms with Crippen molar-refractivity contribution in [1.82, 2.24) is 5.32 Å². The van der Waals surface area contributed by atoms with Crippen LogP contribution in [-0.2, 0) is 4.79 Å². The fourth-order valence-corrected chi connectivity index (χ4v) is 2.52. The number of para-hydroxylation sites is 1. The Balaban J connectivity index is 2.45. The smallest absolute Gasteiger partial charge is 0.247 e. The second kappa shape index (κ2) is 4.90. The van der Waals surface area contributed by atoms with Crippen LogP contribution in [0.1, 0.15) is 27.2 Å². The minimum atomic E-state index is -0.552. The SMILES string of the molecule is CC1CCNC(C)(C)C(=O)N1c1ccccc1Cl. The molecule has 0 aromatic heterocycles. The third-order valence-corrected chi connectivity index (χ3v) is 3.75. The molecule has 1 unspecified atom stereocenters. The molecule has 1 heterocycles. The predicted octanol–water partition coefficient (Wildman–Crippen LogP) is 2.83. The van der Waals surface area contributed by atoms with Crippen molar-refractivity contribution in [2.24, 2.45) is 0 Å². The molecule has 0 spiro atoms. The molecule has 18 heavy (non-hydrogen) atoms. The summed E-state index contributed by atoms with van der Waals surface area (Å²) in [4.78, 5) is 14.5. The molecule has 1 aliphatic rings. The quantitative estimate of drug-likeness (QED) is 0.848. The summed E-state index contributed by atoms with van der Waals surface area (Å²) in [7, 11) is 0. The van der Waals surface area contributed by atoms with Crippen LogP contribution in [0, 0.1) is 0 Å².